The van der Waals surface area contributed by atoms with Crippen LogP contribution in [0.4, 0.5) is 14.5 Å². The Balaban J connectivity index is 1.80. The molecule has 0 bridgehead atoms. The third-order valence-corrected chi connectivity index (χ3v) is 4.39. The molecule has 1 heterocycles. The van der Waals surface area contributed by atoms with Gasteiger partial charge in [0.2, 0.25) is 0 Å². The first-order valence-corrected chi connectivity index (χ1v) is 8.71. The second-order valence-corrected chi connectivity index (χ2v) is 6.36. The molecule has 6 nitrogen and oxygen atoms in total. The van der Waals surface area contributed by atoms with Crippen LogP contribution in [0.2, 0.25) is 0 Å². The minimum atomic E-state index is -2.73. The van der Waals surface area contributed by atoms with Crippen LogP contribution in [0.5, 0.6) is 5.75 Å². The molecule has 0 radical (unpaired) electrons. The lowest BCUT2D eigenvalue weighted by atomic mass is 9.96. The number of amides is 1. The van der Waals surface area contributed by atoms with Gasteiger partial charge < -0.3 is 19.9 Å². The van der Waals surface area contributed by atoms with Gasteiger partial charge in [-0.1, -0.05) is 12.1 Å². The van der Waals surface area contributed by atoms with Crippen molar-refractivity contribution in [3.05, 3.63) is 59.2 Å². The first kappa shape index (κ1) is 19.8. The summed E-state index contributed by atoms with van der Waals surface area (Å²) >= 11 is 0. The van der Waals surface area contributed by atoms with E-state index in [-0.39, 0.29) is 22.9 Å². The van der Waals surface area contributed by atoms with Gasteiger partial charge in [-0.05, 0) is 42.3 Å². The third kappa shape index (κ3) is 4.83. The topological polar surface area (TPSA) is 84.9 Å². The van der Waals surface area contributed by atoms with Gasteiger partial charge in [-0.2, -0.15) is 0 Å². The number of aromatic carboxylic acids is 1. The Morgan fingerprint density at radius 3 is 2.71 bits per heavy atom. The van der Waals surface area contributed by atoms with E-state index in [0.717, 1.165) is 18.1 Å². The van der Waals surface area contributed by atoms with E-state index in [2.05, 4.69) is 5.32 Å². The highest BCUT2D eigenvalue weighted by Gasteiger charge is 2.20. The van der Waals surface area contributed by atoms with Gasteiger partial charge in [0.05, 0.1) is 17.9 Å². The number of carbonyl (C=O) groups excluding carboxylic acids is 1. The number of ether oxygens (including phenoxy) is 2. The number of alkyl halides is 2. The van der Waals surface area contributed by atoms with E-state index in [9.17, 15) is 18.4 Å². The Kier molecular flexibility index (Phi) is 6.20. The Morgan fingerprint density at radius 2 is 2.04 bits per heavy atom. The maximum atomic E-state index is 12.6. The lowest BCUT2D eigenvalue weighted by Crippen LogP contribution is -2.15. The fraction of sp³-hybridized carbons (Fsp3) is 0.300. The summed E-state index contributed by atoms with van der Waals surface area (Å²) in [5.74, 6) is -1.58. The summed E-state index contributed by atoms with van der Waals surface area (Å²) in [7, 11) is 0. The second kappa shape index (κ2) is 8.79. The molecule has 1 aliphatic heterocycles. The number of halogens is 2. The highest BCUT2D eigenvalue weighted by Crippen LogP contribution is 2.29. The highest BCUT2D eigenvalue weighted by molar-refractivity contribution is 6.05. The molecule has 0 aliphatic carbocycles. The van der Waals surface area contributed by atoms with Crippen LogP contribution in [-0.2, 0) is 4.74 Å². The average Bonchev–Trinajstić information content (AvgIpc) is 3.22. The number of nitrogens with one attached hydrogen (secondary N) is 1. The Labute approximate surface area is 160 Å². The van der Waals surface area contributed by atoms with Gasteiger partial charge in [-0.3, -0.25) is 4.79 Å². The molecule has 1 aliphatic rings. The van der Waals surface area contributed by atoms with Gasteiger partial charge in [0, 0.05) is 18.1 Å². The van der Waals surface area contributed by atoms with E-state index in [0.29, 0.717) is 18.8 Å². The zero-order valence-electron chi connectivity index (χ0n) is 14.9. The van der Waals surface area contributed by atoms with E-state index in [4.69, 9.17) is 14.6 Å². The van der Waals surface area contributed by atoms with Crippen molar-refractivity contribution < 1.29 is 33.0 Å². The monoisotopic (exact) mass is 391 g/mol. The van der Waals surface area contributed by atoms with Gasteiger partial charge in [0.25, 0.3) is 12.3 Å². The smallest absolute Gasteiger partial charge is 0.335 e. The molecule has 1 amide bonds. The fourth-order valence-electron chi connectivity index (χ4n) is 2.96. The normalized spacial score (nSPS) is 16.2. The van der Waals surface area contributed by atoms with Crippen LogP contribution >= 0.6 is 0 Å². The number of carboxylic acid groups (broad SMARTS) is 1. The lowest BCUT2D eigenvalue weighted by molar-refractivity contribution is 0.0695. The molecule has 0 spiro atoms. The van der Waals surface area contributed by atoms with Gasteiger partial charge in [0.1, 0.15) is 12.4 Å². The standard InChI is InChI=1S/C20H19F2NO5/c21-18(22)11-28-17-9-14(20(25)26)4-5-16(17)23-19(24)13-3-1-2-12(8-13)15-6-7-27-10-15/h1-5,8-9,15,18H,6-7,10-11H2,(H,23,24)(H,25,26). The first-order valence-electron chi connectivity index (χ1n) is 8.71. The molecule has 1 atom stereocenters. The number of carbonyl (C=O) groups is 2. The largest absolute Gasteiger partial charge is 0.485 e. The highest BCUT2D eigenvalue weighted by atomic mass is 19.3. The van der Waals surface area contributed by atoms with E-state index in [1.165, 1.54) is 12.1 Å². The van der Waals surface area contributed by atoms with Crippen molar-refractivity contribution in [2.75, 3.05) is 25.1 Å². The van der Waals surface area contributed by atoms with Crippen molar-refractivity contribution in [2.45, 2.75) is 18.8 Å². The molecular formula is C20H19F2NO5. The van der Waals surface area contributed by atoms with E-state index in [1.54, 1.807) is 18.2 Å². The van der Waals surface area contributed by atoms with E-state index < -0.39 is 24.9 Å². The number of hydrogen-bond acceptors (Lipinski definition) is 4. The summed E-state index contributed by atoms with van der Waals surface area (Å²) in [6.07, 6.45) is -1.85. The summed E-state index contributed by atoms with van der Waals surface area (Å²) < 4.78 is 35.3. The molecule has 1 unspecified atom stereocenters. The van der Waals surface area contributed by atoms with Gasteiger partial charge in [-0.25, -0.2) is 13.6 Å². The molecule has 2 aromatic carbocycles. The van der Waals surface area contributed by atoms with Crippen LogP contribution in [0.25, 0.3) is 0 Å². The number of carboxylic acids is 1. The molecule has 8 heteroatoms. The van der Waals surface area contributed by atoms with Crippen molar-refractivity contribution in [3.8, 4) is 5.75 Å². The Hall–Kier alpha value is -3.00. The minimum Gasteiger partial charge on any atom is -0.485 e. The SMILES string of the molecule is O=C(O)c1ccc(NC(=O)c2cccc(C3CCOC3)c2)c(OCC(F)F)c1. The van der Waals surface area contributed by atoms with Gasteiger partial charge in [-0.15, -0.1) is 0 Å². The Morgan fingerprint density at radius 1 is 1.21 bits per heavy atom. The Bertz CT molecular complexity index is 865. The van der Waals surface area contributed by atoms with E-state index >= 15 is 0 Å². The summed E-state index contributed by atoms with van der Waals surface area (Å²) in [4.78, 5) is 23.7. The van der Waals surface area contributed by atoms with Crippen molar-refractivity contribution in [1.29, 1.82) is 0 Å². The van der Waals surface area contributed by atoms with Crippen molar-refractivity contribution in [1.82, 2.24) is 0 Å². The zero-order chi connectivity index (χ0) is 20.1. The number of rotatable bonds is 7. The predicted octanol–water partition coefficient (Wildman–Crippen LogP) is 3.78. The quantitative estimate of drug-likeness (QED) is 0.750. The van der Waals surface area contributed by atoms with Crippen LogP contribution in [-0.4, -0.2) is 43.2 Å². The molecule has 148 valence electrons. The molecule has 3 rings (SSSR count). The fourth-order valence-corrected chi connectivity index (χ4v) is 2.96. The number of benzene rings is 2. The van der Waals surface area contributed by atoms with Gasteiger partial charge >= 0.3 is 5.97 Å². The second-order valence-electron chi connectivity index (χ2n) is 6.36. The van der Waals surface area contributed by atoms with Crippen LogP contribution in [0.1, 0.15) is 38.6 Å². The van der Waals surface area contributed by atoms with E-state index in [1.807, 2.05) is 6.07 Å². The average molecular weight is 391 g/mol. The molecule has 1 saturated heterocycles. The van der Waals surface area contributed by atoms with Crippen LogP contribution in [0, 0.1) is 0 Å². The third-order valence-electron chi connectivity index (χ3n) is 4.39. The van der Waals surface area contributed by atoms with Crippen LogP contribution in [0.3, 0.4) is 0 Å². The van der Waals surface area contributed by atoms with Crippen LogP contribution < -0.4 is 10.1 Å². The number of anilines is 1. The molecule has 2 aromatic rings. The first-order chi connectivity index (χ1) is 13.4. The summed E-state index contributed by atoms with van der Waals surface area (Å²) in [5, 5.41) is 11.7. The van der Waals surface area contributed by atoms with Gasteiger partial charge in [0.15, 0.2) is 0 Å². The minimum absolute atomic E-state index is 0.116. The molecule has 28 heavy (non-hydrogen) atoms. The summed E-state index contributed by atoms with van der Waals surface area (Å²) in [6.45, 7) is 0.373. The maximum absolute atomic E-state index is 12.6. The molecule has 2 N–H and O–H groups in total. The summed E-state index contributed by atoms with van der Waals surface area (Å²) in [5.41, 5.74) is 1.36. The van der Waals surface area contributed by atoms with Crippen LogP contribution in [0.15, 0.2) is 42.5 Å². The number of hydrogen-bond donors (Lipinski definition) is 2. The zero-order valence-corrected chi connectivity index (χ0v) is 14.9. The molecule has 1 fully saturated rings. The van der Waals surface area contributed by atoms with Crippen molar-refractivity contribution >= 4 is 17.6 Å². The van der Waals surface area contributed by atoms with Crippen molar-refractivity contribution in [2.24, 2.45) is 0 Å². The molecule has 0 saturated carbocycles. The molecular weight excluding hydrogens is 372 g/mol. The van der Waals surface area contributed by atoms with Crippen molar-refractivity contribution in [3.63, 3.8) is 0 Å². The predicted molar refractivity (Wildman–Crippen MR) is 97.5 cm³/mol. The molecule has 0 aromatic heterocycles. The lowest BCUT2D eigenvalue weighted by Gasteiger charge is -2.14. The summed E-state index contributed by atoms with van der Waals surface area (Å²) in [6, 6.07) is 10.8. The maximum Gasteiger partial charge on any atom is 0.335 e.